The summed E-state index contributed by atoms with van der Waals surface area (Å²) in [6.07, 6.45) is 1.68. The van der Waals surface area contributed by atoms with Crippen LogP contribution in [0.3, 0.4) is 0 Å². The van der Waals surface area contributed by atoms with Crippen LogP contribution in [0.15, 0.2) is 47.4 Å². The van der Waals surface area contributed by atoms with E-state index in [9.17, 15) is 13.2 Å². The van der Waals surface area contributed by atoms with Gasteiger partial charge in [-0.2, -0.15) is 0 Å². The molecule has 1 spiro atoms. The Morgan fingerprint density at radius 1 is 1.23 bits per heavy atom. The van der Waals surface area contributed by atoms with E-state index in [-0.39, 0.29) is 16.7 Å². The van der Waals surface area contributed by atoms with Gasteiger partial charge in [0, 0.05) is 17.5 Å². The topological polar surface area (TPSA) is 83.9 Å². The first-order valence-corrected chi connectivity index (χ1v) is 9.82. The highest BCUT2D eigenvalue weighted by Crippen LogP contribution is 2.57. The minimum Gasteiger partial charge on any atom is -0.496 e. The van der Waals surface area contributed by atoms with Gasteiger partial charge in [0.05, 0.1) is 24.1 Å². The van der Waals surface area contributed by atoms with Crippen molar-refractivity contribution >= 4 is 21.7 Å². The first-order valence-electron chi connectivity index (χ1n) is 8.38. The SMILES string of the molecule is COc1ccc(S(=O)(=O)N2CC3(CC3)c3ccccc32)cc1CC(=O)O. The lowest BCUT2D eigenvalue weighted by Gasteiger charge is -2.21. The zero-order valence-electron chi connectivity index (χ0n) is 14.3. The Bertz CT molecular complexity index is 995. The van der Waals surface area contributed by atoms with Crippen LogP contribution in [0.5, 0.6) is 5.75 Å². The summed E-state index contributed by atoms with van der Waals surface area (Å²) >= 11 is 0. The van der Waals surface area contributed by atoms with Crippen LogP contribution in [0, 0.1) is 0 Å². The van der Waals surface area contributed by atoms with Crippen LogP contribution < -0.4 is 9.04 Å². The summed E-state index contributed by atoms with van der Waals surface area (Å²) in [5.74, 6) is -0.673. The molecule has 0 aromatic heterocycles. The summed E-state index contributed by atoms with van der Waals surface area (Å²) in [7, 11) is -2.35. The van der Waals surface area contributed by atoms with Crippen LogP contribution in [0.25, 0.3) is 0 Å². The van der Waals surface area contributed by atoms with Crippen molar-refractivity contribution in [3.05, 3.63) is 53.6 Å². The molecule has 1 fully saturated rings. The van der Waals surface area contributed by atoms with E-state index in [0.29, 0.717) is 17.9 Å². The summed E-state index contributed by atoms with van der Waals surface area (Å²) in [5.41, 5.74) is 2.10. The van der Waals surface area contributed by atoms with Gasteiger partial charge in [0.15, 0.2) is 0 Å². The number of fused-ring (bicyclic) bond motifs is 2. The number of aliphatic carboxylic acids is 1. The van der Waals surface area contributed by atoms with Crippen LogP contribution >= 0.6 is 0 Å². The lowest BCUT2D eigenvalue weighted by molar-refractivity contribution is -0.136. The molecule has 0 atom stereocenters. The van der Waals surface area contributed by atoms with E-state index in [4.69, 9.17) is 9.84 Å². The summed E-state index contributed by atoms with van der Waals surface area (Å²) in [6, 6.07) is 12.0. The van der Waals surface area contributed by atoms with Crippen molar-refractivity contribution in [1.82, 2.24) is 0 Å². The molecule has 1 aliphatic heterocycles. The van der Waals surface area contributed by atoms with E-state index in [1.807, 2.05) is 24.3 Å². The van der Waals surface area contributed by atoms with E-state index in [2.05, 4.69) is 0 Å². The van der Waals surface area contributed by atoms with Gasteiger partial charge in [-0.05, 0) is 42.7 Å². The van der Waals surface area contributed by atoms with E-state index in [0.717, 1.165) is 24.1 Å². The summed E-state index contributed by atoms with van der Waals surface area (Å²) in [4.78, 5) is 11.2. The number of carboxylic acid groups (broad SMARTS) is 1. The molecule has 1 aliphatic carbocycles. The van der Waals surface area contributed by atoms with Gasteiger partial charge in [-0.25, -0.2) is 8.42 Å². The zero-order valence-corrected chi connectivity index (χ0v) is 15.1. The van der Waals surface area contributed by atoms with Crippen molar-refractivity contribution in [2.45, 2.75) is 29.6 Å². The number of rotatable bonds is 5. The molecular weight excluding hydrogens is 354 g/mol. The molecule has 0 unspecified atom stereocenters. The summed E-state index contributed by atoms with van der Waals surface area (Å²) in [6.45, 7) is 0.439. The van der Waals surface area contributed by atoms with Crippen molar-refractivity contribution in [2.24, 2.45) is 0 Å². The number of methoxy groups -OCH3 is 1. The fourth-order valence-corrected chi connectivity index (χ4v) is 5.34. The Morgan fingerprint density at radius 2 is 1.96 bits per heavy atom. The standard InChI is InChI=1S/C19H19NO5S/c1-25-17-7-6-14(10-13(17)11-18(21)22)26(23,24)20-12-19(8-9-19)15-4-2-3-5-16(15)20/h2-7,10H,8-9,11-12H2,1H3,(H,21,22). The Kier molecular flexibility index (Phi) is 3.73. The van der Waals surface area contributed by atoms with E-state index >= 15 is 0 Å². The van der Waals surface area contributed by atoms with Crippen LogP contribution in [-0.4, -0.2) is 33.1 Å². The number of benzene rings is 2. The molecule has 0 amide bonds. The smallest absolute Gasteiger partial charge is 0.307 e. The Hall–Kier alpha value is -2.54. The van der Waals surface area contributed by atoms with Crippen LogP contribution in [-0.2, 0) is 26.7 Å². The summed E-state index contributed by atoms with van der Waals surface area (Å²) < 4.78 is 33.2. The third-order valence-corrected chi connectivity index (χ3v) is 6.98. The van der Waals surface area contributed by atoms with Crippen molar-refractivity contribution in [3.63, 3.8) is 0 Å². The molecule has 4 rings (SSSR count). The van der Waals surface area contributed by atoms with Gasteiger partial charge in [-0.15, -0.1) is 0 Å². The van der Waals surface area contributed by atoms with E-state index in [1.54, 1.807) is 0 Å². The third-order valence-electron chi connectivity index (χ3n) is 5.23. The largest absolute Gasteiger partial charge is 0.496 e. The van der Waals surface area contributed by atoms with Gasteiger partial charge >= 0.3 is 5.97 Å². The van der Waals surface area contributed by atoms with Gasteiger partial charge in [0.1, 0.15) is 5.75 Å². The van der Waals surface area contributed by atoms with E-state index in [1.165, 1.54) is 29.6 Å². The maximum atomic E-state index is 13.3. The average Bonchev–Trinajstić information content (AvgIpc) is 3.31. The van der Waals surface area contributed by atoms with Crippen molar-refractivity contribution in [1.29, 1.82) is 0 Å². The number of sulfonamides is 1. The number of anilines is 1. The molecule has 0 bridgehead atoms. The second-order valence-electron chi connectivity index (χ2n) is 6.85. The number of nitrogens with zero attached hydrogens (tertiary/aromatic N) is 1. The number of carboxylic acids is 1. The molecule has 136 valence electrons. The van der Waals surface area contributed by atoms with E-state index < -0.39 is 16.0 Å². The zero-order chi connectivity index (χ0) is 18.5. The minimum absolute atomic E-state index is 0.0555. The highest BCUT2D eigenvalue weighted by Gasteiger charge is 2.54. The average molecular weight is 373 g/mol. The second kappa shape index (κ2) is 5.74. The van der Waals surface area contributed by atoms with Gasteiger partial charge in [0.25, 0.3) is 10.0 Å². The molecule has 2 aliphatic rings. The van der Waals surface area contributed by atoms with Gasteiger partial charge in [0.2, 0.25) is 0 Å². The van der Waals surface area contributed by atoms with Crippen LogP contribution in [0.1, 0.15) is 24.0 Å². The molecule has 2 aromatic carbocycles. The molecule has 26 heavy (non-hydrogen) atoms. The maximum Gasteiger partial charge on any atom is 0.307 e. The molecule has 1 saturated carbocycles. The Morgan fingerprint density at radius 3 is 2.62 bits per heavy atom. The lowest BCUT2D eigenvalue weighted by Crippen LogP contribution is -2.31. The number of hydrogen-bond donors (Lipinski definition) is 1. The van der Waals surface area contributed by atoms with Gasteiger partial charge in [-0.3, -0.25) is 9.10 Å². The van der Waals surface area contributed by atoms with Crippen molar-refractivity contribution < 1.29 is 23.1 Å². The molecule has 0 saturated heterocycles. The molecule has 2 aromatic rings. The number of para-hydroxylation sites is 1. The number of ether oxygens (including phenoxy) is 1. The fourth-order valence-electron chi connectivity index (χ4n) is 3.72. The Labute approximate surface area is 152 Å². The van der Waals surface area contributed by atoms with Crippen LogP contribution in [0.2, 0.25) is 0 Å². The predicted octanol–water partition coefficient (Wildman–Crippen LogP) is 2.56. The number of carbonyl (C=O) groups is 1. The molecular formula is C19H19NO5S. The lowest BCUT2D eigenvalue weighted by atomic mass is 9.99. The van der Waals surface area contributed by atoms with Gasteiger partial charge in [-0.1, -0.05) is 18.2 Å². The highest BCUT2D eigenvalue weighted by molar-refractivity contribution is 7.92. The molecule has 6 nitrogen and oxygen atoms in total. The van der Waals surface area contributed by atoms with Crippen molar-refractivity contribution in [2.75, 3.05) is 18.0 Å². The monoisotopic (exact) mass is 373 g/mol. The quantitative estimate of drug-likeness (QED) is 0.871. The highest BCUT2D eigenvalue weighted by atomic mass is 32.2. The molecule has 1 heterocycles. The maximum absolute atomic E-state index is 13.3. The first kappa shape index (κ1) is 16.9. The molecule has 0 radical (unpaired) electrons. The second-order valence-corrected chi connectivity index (χ2v) is 8.72. The fraction of sp³-hybridized carbons (Fsp3) is 0.316. The minimum atomic E-state index is -3.78. The van der Waals surface area contributed by atoms with Crippen LogP contribution in [0.4, 0.5) is 5.69 Å². The molecule has 7 heteroatoms. The van der Waals surface area contributed by atoms with Gasteiger partial charge < -0.3 is 9.84 Å². The normalized spacial score (nSPS) is 17.2. The third kappa shape index (κ3) is 2.54. The number of hydrogen-bond acceptors (Lipinski definition) is 4. The predicted molar refractivity (Wildman–Crippen MR) is 96.2 cm³/mol. The van der Waals surface area contributed by atoms with Crippen molar-refractivity contribution in [3.8, 4) is 5.75 Å². The Balaban J connectivity index is 1.77. The molecule has 1 N–H and O–H groups in total. The first-order chi connectivity index (χ1) is 12.4. The summed E-state index contributed by atoms with van der Waals surface area (Å²) in [5, 5.41) is 9.08.